The number of aromatic nitrogens is 2. The van der Waals surface area contributed by atoms with Crippen LogP contribution in [-0.4, -0.2) is 50.9 Å². The monoisotopic (exact) mass is 490 g/mol. The van der Waals surface area contributed by atoms with E-state index in [1.165, 1.54) is 35.7 Å². The summed E-state index contributed by atoms with van der Waals surface area (Å²) in [6.07, 6.45) is 4.98. The average molecular weight is 491 g/mol. The first kappa shape index (κ1) is 23.4. The summed E-state index contributed by atoms with van der Waals surface area (Å²) in [5, 5.41) is 0. The Morgan fingerprint density at radius 2 is 1.67 bits per heavy atom. The Morgan fingerprint density at radius 1 is 1.00 bits per heavy atom. The predicted octanol–water partition coefficient (Wildman–Crippen LogP) is 2.28. The number of nitrogens with one attached hydrogen (secondary N) is 1. The van der Waals surface area contributed by atoms with Gasteiger partial charge in [0.1, 0.15) is 17.6 Å². The molecule has 0 aliphatic carbocycles. The van der Waals surface area contributed by atoms with Crippen molar-refractivity contribution in [1.29, 1.82) is 0 Å². The molecule has 2 heterocycles. The molecule has 1 aromatic heterocycles. The molecule has 9 nitrogen and oxygen atoms in total. The highest BCUT2D eigenvalue weighted by Crippen LogP contribution is 2.27. The zero-order valence-corrected chi connectivity index (χ0v) is 20.0. The van der Waals surface area contributed by atoms with Crippen LogP contribution in [0.1, 0.15) is 30.3 Å². The molecule has 0 amide bonds. The van der Waals surface area contributed by atoms with Crippen molar-refractivity contribution in [3.63, 3.8) is 0 Å². The predicted molar refractivity (Wildman–Crippen MR) is 123 cm³/mol. The van der Waals surface area contributed by atoms with E-state index in [-0.39, 0.29) is 9.79 Å². The highest BCUT2D eigenvalue weighted by molar-refractivity contribution is 7.89. The summed E-state index contributed by atoms with van der Waals surface area (Å²) in [5.74, 6) is 1.09. The Labute approximate surface area is 194 Å². The molecular formula is C22H26N4O5S2. The van der Waals surface area contributed by atoms with Gasteiger partial charge in [-0.25, -0.2) is 21.8 Å². The maximum Gasteiger partial charge on any atom is 0.243 e. The molecule has 1 N–H and O–H groups in total. The van der Waals surface area contributed by atoms with Crippen molar-refractivity contribution < 1.29 is 21.6 Å². The van der Waals surface area contributed by atoms with Gasteiger partial charge in [-0.2, -0.15) is 9.03 Å². The molecule has 2 aromatic carbocycles. The van der Waals surface area contributed by atoms with E-state index in [9.17, 15) is 16.8 Å². The maximum absolute atomic E-state index is 13.3. The minimum Gasteiger partial charge on any atom is -0.497 e. The number of nitrogens with zero attached hydrogens (tertiary/aromatic N) is 3. The Balaban J connectivity index is 1.65. The van der Waals surface area contributed by atoms with Crippen molar-refractivity contribution >= 4 is 20.0 Å². The van der Waals surface area contributed by atoms with Crippen molar-refractivity contribution in [2.45, 2.75) is 28.7 Å². The number of rotatable bonds is 8. The third kappa shape index (κ3) is 4.81. The lowest BCUT2D eigenvalue weighted by atomic mass is 10.1. The smallest absolute Gasteiger partial charge is 0.243 e. The summed E-state index contributed by atoms with van der Waals surface area (Å²) in [6, 6.07) is 11.6. The summed E-state index contributed by atoms with van der Waals surface area (Å²) in [6.45, 7) is 0.964. The van der Waals surface area contributed by atoms with Gasteiger partial charge in [0, 0.05) is 32.5 Å². The second-order valence-corrected chi connectivity index (χ2v) is 11.5. The molecule has 4 rings (SSSR count). The van der Waals surface area contributed by atoms with Gasteiger partial charge >= 0.3 is 0 Å². The second-order valence-electron chi connectivity index (χ2n) is 7.81. The van der Waals surface area contributed by atoms with Crippen molar-refractivity contribution in [2.75, 3.05) is 20.2 Å². The number of sulfonamides is 2. The number of hydrogen-bond acceptors (Lipinski definition) is 6. The summed E-state index contributed by atoms with van der Waals surface area (Å²) in [4.78, 5) is 4.37. The van der Waals surface area contributed by atoms with Crippen LogP contribution in [0.5, 0.6) is 5.75 Å². The van der Waals surface area contributed by atoms with Gasteiger partial charge in [-0.3, -0.25) is 0 Å². The molecule has 1 saturated heterocycles. The van der Waals surface area contributed by atoms with Crippen molar-refractivity contribution in [3.8, 4) is 5.75 Å². The van der Waals surface area contributed by atoms with Crippen LogP contribution in [0.25, 0.3) is 0 Å². The molecule has 0 radical (unpaired) electrons. The highest BCUT2D eigenvalue weighted by atomic mass is 32.2. The van der Waals surface area contributed by atoms with E-state index in [1.54, 1.807) is 48.3 Å². The topological polar surface area (TPSA) is 111 Å². The molecule has 3 aromatic rings. The molecule has 1 aliphatic heterocycles. The summed E-state index contributed by atoms with van der Waals surface area (Å²) >= 11 is 0. The van der Waals surface area contributed by atoms with Crippen LogP contribution in [0.4, 0.5) is 0 Å². The molecule has 1 aliphatic rings. The standard InChI is InChI=1S/C22H26N4O5S2/c1-25-15-12-23-22(25)21(17-6-5-7-18(16-17)31-2)24-32(27,28)19-8-10-20(11-9-19)33(29,30)26-13-3-4-14-26/h5-12,15-16,21,24H,3-4,13-14H2,1-2H3/t21-/m1/s1. The quantitative estimate of drug-likeness (QED) is 0.519. The number of benzene rings is 2. The molecule has 11 heteroatoms. The number of aryl methyl sites for hydroxylation is 1. The molecule has 0 unspecified atom stereocenters. The maximum atomic E-state index is 13.3. The molecule has 0 spiro atoms. The van der Waals surface area contributed by atoms with Crippen LogP contribution in [0.2, 0.25) is 0 Å². The second kappa shape index (κ2) is 9.26. The summed E-state index contributed by atoms with van der Waals surface area (Å²) in [7, 11) is -4.31. The summed E-state index contributed by atoms with van der Waals surface area (Å²) < 4.78 is 63.2. The first-order valence-corrected chi connectivity index (χ1v) is 13.4. The SMILES string of the molecule is COc1cccc([C@@H](NS(=O)(=O)c2ccc(S(=O)(=O)N3CCCC3)cc2)c2nccn2C)c1. The molecular weight excluding hydrogens is 464 g/mol. The normalized spacial score (nSPS) is 16.1. The largest absolute Gasteiger partial charge is 0.497 e. The van der Waals surface area contributed by atoms with E-state index in [4.69, 9.17) is 4.74 Å². The first-order valence-electron chi connectivity index (χ1n) is 10.5. The Hall–Kier alpha value is -2.73. The van der Waals surface area contributed by atoms with E-state index in [0.717, 1.165) is 12.8 Å². The molecule has 176 valence electrons. The lowest BCUT2D eigenvalue weighted by molar-refractivity contribution is 0.413. The van der Waals surface area contributed by atoms with Crippen LogP contribution in [-0.2, 0) is 27.1 Å². The highest BCUT2D eigenvalue weighted by Gasteiger charge is 2.29. The molecule has 1 atom stereocenters. The van der Waals surface area contributed by atoms with E-state index in [0.29, 0.717) is 30.2 Å². The molecule has 0 saturated carbocycles. The van der Waals surface area contributed by atoms with Gasteiger partial charge in [-0.15, -0.1) is 0 Å². The van der Waals surface area contributed by atoms with Crippen LogP contribution < -0.4 is 9.46 Å². The minimum atomic E-state index is -4.00. The number of methoxy groups -OCH3 is 1. The summed E-state index contributed by atoms with van der Waals surface area (Å²) in [5.41, 5.74) is 0.653. The third-order valence-corrected chi connectivity index (χ3v) is 9.01. The van der Waals surface area contributed by atoms with Crippen LogP contribution >= 0.6 is 0 Å². The Morgan fingerprint density at radius 3 is 2.27 bits per heavy atom. The number of hydrogen-bond donors (Lipinski definition) is 1. The van der Waals surface area contributed by atoms with E-state index in [2.05, 4.69) is 9.71 Å². The van der Waals surface area contributed by atoms with E-state index >= 15 is 0 Å². The number of imidazole rings is 1. The van der Waals surface area contributed by atoms with Gasteiger partial charge in [0.05, 0.1) is 16.9 Å². The van der Waals surface area contributed by atoms with Crippen molar-refractivity contribution in [3.05, 3.63) is 72.3 Å². The van der Waals surface area contributed by atoms with Gasteiger partial charge < -0.3 is 9.30 Å². The third-order valence-electron chi connectivity index (χ3n) is 5.65. The van der Waals surface area contributed by atoms with Gasteiger partial charge in [0.25, 0.3) is 0 Å². The van der Waals surface area contributed by atoms with E-state index < -0.39 is 26.1 Å². The van der Waals surface area contributed by atoms with Gasteiger partial charge in [-0.05, 0) is 54.8 Å². The molecule has 1 fully saturated rings. The minimum absolute atomic E-state index is 0.0371. The van der Waals surface area contributed by atoms with Gasteiger partial charge in [0.2, 0.25) is 20.0 Å². The fourth-order valence-corrected chi connectivity index (χ4v) is 6.54. The fourth-order valence-electron chi connectivity index (χ4n) is 3.84. The van der Waals surface area contributed by atoms with Crippen LogP contribution in [0, 0.1) is 0 Å². The zero-order chi connectivity index (χ0) is 23.6. The number of ether oxygens (including phenoxy) is 1. The lowest BCUT2D eigenvalue weighted by Gasteiger charge is -2.20. The first-order chi connectivity index (χ1) is 15.7. The van der Waals surface area contributed by atoms with Crippen LogP contribution in [0.15, 0.2) is 70.7 Å². The van der Waals surface area contributed by atoms with Crippen LogP contribution in [0.3, 0.4) is 0 Å². The molecule has 33 heavy (non-hydrogen) atoms. The average Bonchev–Trinajstić information content (AvgIpc) is 3.50. The Kier molecular flexibility index (Phi) is 6.57. The Bertz CT molecular complexity index is 1330. The van der Waals surface area contributed by atoms with Gasteiger partial charge in [0.15, 0.2) is 0 Å². The van der Waals surface area contributed by atoms with Crippen molar-refractivity contribution in [1.82, 2.24) is 18.6 Å². The van der Waals surface area contributed by atoms with Crippen molar-refractivity contribution in [2.24, 2.45) is 7.05 Å². The molecule has 0 bridgehead atoms. The van der Waals surface area contributed by atoms with Gasteiger partial charge in [-0.1, -0.05) is 12.1 Å². The van der Waals surface area contributed by atoms with E-state index in [1.807, 2.05) is 0 Å². The zero-order valence-electron chi connectivity index (χ0n) is 18.4. The fraction of sp³-hybridized carbons (Fsp3) is 0.318. The lowest BCUT2D eigenvalue weighted by Crippen LogP contribution is -2.31.